The molecule has 1 heterocycles. The molecule has 16 heavy (non-hydrogen) atoms. The molecule has 0 saturated carbocycles. The summed E-state index contributed by atoms with van der Waals surface area (Å²) in [5, 5.41) is 3.00. The summed E-state index contributed by atoms with van der Waals surface area (Å²) < 4.78 is 1.66. The molecule has 1 aromatic heterocycles. The second kappa shape index (κ2) is 4.87. The van der Waals surface area contributed by atoms with Gasteiger partial charge in [-0.2, -0.15) is 0 Å². The van der Waals surface area contributed by atoms with Crippen LogP contribution in [-0.4, -0.2) is 21.5 Å². The van der Waals surface area contributed by atoms with Crippen LogP contribution in [0.4, 0.5) is 5.82 Å². The number of anilines is 1. The first-order valence-corrected chi connectivity index (χ1v) is 5.80. The summed E-state index contributed by atoms with van der Waals surface area (Å²) in [6.45, 7) is 7.83. The molecule has 4 nitrogen and oxygen atoms in total. The molecule has 90 valence electrons. The van der Waals surface area contributed by atoms with Crippen molar-refractivity contribution in [3.63, 3.8) is 0 Å². The van der Waals surface area contributed by atoms with Gasteiger partial charge >= 0.3 is 0 Å². The molecule has 0 spiro atoms. The van der Waals surface area contributed by atoms with Crippen LogP contribution >= 0.6 is 11.6 Å². The Kier molecular flexibility index (Phi) is 3.97. The van der Waals surface area contributed by atoms with Gasteiger partial charge in [0.2, 0.25) is 0 Å². The third kappa shape index (κ3) is 2.98. The number of nitrogens with zero attached hydrogens (tertiary/aromatic N) is 2. The first-order chi connectivity index (χ1) is 7.36. The van der Waals surface area contributed by atoms with Crippen LogP contribution in [0.25, 0.3) is 0 Å². The highest BCUT2D eigenvalue weighted by molar-refractivity contribution is 6.18. The minimum atomic E-state index is -0.249. The molecule has 0 aliphatic heterocycles. The first-order valence-electron chi connectivity index (χ1n) is 5.27. The maximum atomic E-state index is 12.1. The summed E-state index contributed by atoms with van der Waals surface area (Å²) in [5.74, 6) is 0.788. The van der Waals surface area contributed by atoms with Gasteiger partial charge in [0.15, 0.2) is 5.82 Å². The zero-order valence-electron chi connectivity index (χ0n) is 10.1. The molecule has 0 saturated heterocycles. The second-order valence-corrected chi connectivity index (χ2v) is 5.13. The maximum absolute atomic E-state index is 12.1. The summed E-state index contributed by atoms with van der Waals surface area (Å²) in [6.07, 6.45) is 3.31. The summed E-state index contributed by atoms with van der Waals surface area (Å²) >= 11 is 5.68. The smallest absolute Gasteiger partial charge is 0.293 e. The lowest BCUT2D eigenvalue weighted by molar-refractivity contribution is 0.383. The van der Waals surface area contributed by atoms with E-state index in [9.17, 15) is 4.79 Å². The van der Waals surface area contributed by atoms with Crippen molar-refractivity contribution in [1.82, 2.24) is 9.55 Å². The van der Waals surface area contributed by atoms with Crippen LogP contribution in [0.3, 0.4) is 0 Å². The Morgan fingerprint density at radius 3 is 2.69 bits per heavy atom. The summed E-state index contributed by atoms with van der Waals surface area (Å²) in [6, 6.07) is 0.0256. The van der Waals surface area contributed by atoms with Gasteiger partial charge in [0.25, 0.3) is 5.56 Å². The lowest BCUT2D eigenvalue weighted by Gasteiger charge is -2.23. The Morgan fingerprint density at radius 2 is 2.19 bits per heavy atom. The fourth-order valence-electron chi connectivity index (χ4n) is 1.31. The van der Waals surface area contributed by atoms with Crippen molar-refractivity contribution in [2.24, 2.45) is 0 Å². The van der Waals surface area contributed by atoms with E-state index >= 15 is 0 Å². The van der Waals surface area contributed by atoms with Gasteiger partial charge in [-0.1, -0.05) is 0 Å². The van der Waals surface area contributed by atoms with Crippen LogP contribution in [0.5, 0.6) is 0 Å². The van der Waals surface area contributed by atoms with Crippen LogP contribution in [0.1, 0.15) is 27.7 Å². The van der Waals surface area contributed by atoms with Gasteiger partial charge in [0, 0.05) is 29.9 Å². The third-order valence-electron chi connectivity index (χ3n) is 2.18. The van der Waals surface area contributed by atoms with E-state index in [0.29, 0.717) is 11.7 Å². The van der Waals surface area contributed by atoms with Crippen molar-refractivity contribution >= 4 is 17.4 Å². The number of hydrogen-bond donors (Lipinski definition) is 1. The maximum Gasteiger partial charge on any atom is 0.293 e. The first kappa shape index (κ1) is 13.0. The lowest BCUT2D eigenvalue weighted by Crippen LogP contribution is -2.36. The molecule has 0 radical (unpaired) electrons. The minimum Gasteiger partial charge on any atom is -0.362 e. The van der Waals surface area contributed by atoms with Gasteiger partial charge < -0.3 is 9.88 Å². The SMILES string of the molecule is CC(CCl)Nc1nccn(C(C)(C)C)c1=O. The van der Waals surface area contributed by atoms with E-state index in [0.717, 1.165) is 0 Å². The Hall–Kier alpha value is -1.03. The number of hydrogen-bond acceptors (Lipinski definition) is 3. The Morgan fingerprint density at radius 1 is 1.56 bits per heavy atom. The summed E-state index contributed by atoms with van der Waals surface area (Å²) in [5.41, 5.74) is -0.368. The average molecular weight is 244 g/mol. The molecule has 1 N–H and O–H groups in total. The summed E-state index contributed by atoms with van der Waals surface area (Å²) in [4.78, 5) is 16.1. The molecule has 0 aromatic carbocycles. The average Bonchev–Trinajstić information content (AvgIpc) is 2.19. The molecular formula is C11H18ClN3O. The van der Waals surface area contributed by atoms with Gasteiger partial charge in [-0.3, -0.25) is 4.79 Å². The van der Waals surface area contributed by atoms with Crippen molar-refractivity contribution in [2.45, 2.75) is 39.3 Å². The molecule has 0 bridgehead atoms. The van der Waals surface area contributed by atoms with Crippen molar-refractivity contribution in [3.05, 3.63) is 22.7 Å². The predicted molar refractivity (Wildman–Crippen MR) is 67.3 cm³/mol. The van der Waals surface area contributed by atoms with Crippen molar-refractivity contribution in [1.29, 1.82) is 0 Å². The highest BCUT2D eigenvalue weighted by Gasteiger charge is 2.17. The van der Waals surface area contributed by atoms with E-state index in [-0.39, 0.29) is 17.1 Å². The number of halogens is 1. The van der Waals surface area contributed by atoms with Crippen LogP contribution < -0.4 is 10.9 Å². The van der Waals surface area contributed by atoms with Gasteiger partial charge in [-0.05, 0) is 27.7 Å². The quantitative estimate of drug-likeness (QED) is 0.827. The third-order valence-corrected chi connectivity index (χ3v) is 2.64. The molecule has 0 aliphatic rings. The van der Waals surface area contributed by atoms with Crippen LogP contribution in [0.2, 0.25) is 0 Å². The predicted octanol–water partition coefficient (Wildman–Crippen LogP) is 2.04. The Labute approximate surface area is 101 Å². The van der Waals surface area contributed by atoms with Crippen LogP contribution in [0.15, 0.2) is 17.2 Å². The van der Waals surface area contributed by atoms with E-state index in [4.69, 9.17) is 11.6 Å². The van der Waals surface area contributed by atoms with Gasteiger partial charge in [0.1, 0.15) is 0 Å². The molecule has 0 amide bonds. The molecule has 1 unspecified atom stereocenters. The molecule has 1 rings (SSSR count). The fourth-order valence-corrected chi connectivity index (χ4v) is 1.39. The molecule has 1 aromatic rings. The van der Waals surface area contributed by atoms with Crippen molar-refractivity contribution in [3.8, 4) is 0 Å². The van der Waals surface area contributed by atoms with Gasteiger partial charge in [-0.25, -0.2) is 4.98 Å². The van der Waals surface area contributed by atoms with Gasteiger partial charge in [-0.15, -0.1) is 11.6 Å². The largest absolute Gasteiger partial charge is 0.362 e. The standard InChI is InChI=1S/C11H18ClN3O/c1-8(7-12)14-9-10(16)15(6-5-13-9)11(2,3)4/h5-6,8H,7H2,1-4H3,(H,13,14). The van der Waals surface area contributed by atoms with Gasteiger partial charge in [0.05, 0.1) is 0 Å². The second-order valence-electron chi connectivity index (χ2n) is 4.82. The molecule has 1 atom stereocenters. The fraction of sp³-hybridized carbons (Fsp3) is 0.636. The zero-order chi connectivity index (χ0) is 12.3. The normalized spacial score (nSPS) is 13.6. The van der Waals surface area contributed by atoms with Crippen LogP contribution in [-0.2, 0) is 5.54 Å². The lowest BCUT2D eigenvalue weighted by atomic mass is 10.1. The molecular weight excluding hydrogens is 226 g/mol. The highest BCUT2D eigenvalue weighted by atomic mass is 35.5. The van der Waals surface area contributed by atoms with E-state index in [2.05, 4.69) is 10.3 Å². The van der Waals surface area contributed by atoms with E-state index in [1.807, 2.05) is 27.7 Å². The summed E-state index contributed by atoms with van der Waals surface area (Å²) in [7, 11) is 0. The highest BCUT2D eigenvalue weighted by Crippen LogP contribution is 2.11. The Balaban J connectivity index is 3.10. The Bertz CT molecular complexity index is 408. The van der Waals surface area contributed by atoms with E-state index < -0.39 is 0 Å². The van der Waals surface area contributed by atoms with Crippen LogP contribution in [0, 0.1) is 0 Å². The molecule has 0 aliphatic carbocycles. The monoisotopic (exact) mass is 243 g/mol. The number of nitrogens with one attached hydrogen (secondary N) is 1. The van der Waals surface area contributed by atoms with E-state index in [1.54, 1.807) is 17.0 Å². The number of rotatable bonds is 3. The molecule has 5 heteroatoms. The molecule has 0 fully saturated rings. The van der Waals surface area contributed by atoms with E-state index in [1.165, 1.54) is 0 Å². The zero-order valence-corrected chi connectivity index (χ0v) is 10.9. The number of aromatic nitrogens is 2. The van der Waals surface area contributed by atoms with Crippen molar-refractivity contribution < 1.29 is 0 Å². The minimum absolute atomic E-state index is 0.0256. The number of alkyl halides is 1. The van der Waals surface area contributed by atoms with Crippen molar-refractivity contribution in [2.75, 3.05) is 11.2 Å². The topological polar surface area (TPSA) is 46.9 Å².